The normalized spacial score (nSPS) is 27.3. The lowest BCUT2D eigenvalue weighted by atomic mass is 9.71. The van der Waals surface area contributed by atoms with E-state index in [9.17, 15) is 0 Å². The van der Waals surface area contributed by atoms with Gasteiger partial charge in [-0.15, -0.1) is 0 Å². The Hall–Kier alpha value is -0.970. The molecule has 0 aromatic carbocycles. The summed E-state index contributed by atoms with van der Waals surface area (Å²) < 4.78 is 17.9. The Morgan fingerprint density at radius 3 is 2.42 bits per heavy atom. The fraction of sp³-hybridized carbons (Fsp3) is 0.773. The fourth-order valence-electron chi connectivity index (χ4n) is 5.54. The maximum absolute atomic E-state index is 6.55. The van der Waals surface area contributed by atoms with Gasteiger partial charge in [0.2, 0.25) is 0 Å². The van der Waals surface area contributed by atoms with Gasteiger partial charge in [0.05, 0.1) is 12.2 Å². The SMILES string of the molecule is CC1(C)CCc2c(nc(C3CCOCC3)c3c2C2(CCOCC2)OC3)C1. The lowest BCUT2D eigenvalue weighted by Crippen LogP contribution is -2.36. The molecule has 0 N–H and O–H groups in total. The Labute approximate surface area is 156 Å². The van der Waals surface area contributed by atoms with E-state index in [2.05, 4.69) is 13.8 Å². The summed E-state index contributed by atoms with van der Waals surface area (Å²) in [6.45, 7) is 8.88. The molecule has 0 bridgehead atoms. The fourth-order valence-corrected chi connectivity index (χ4v) is 5.54. The average molecular weight is 357 g/mol. The van der Waals surface area contributed by atoms with E-state index in [1.807, 2.05) is 0 Å². The van der Waals surface area contributed by atoms with Gasteiger partial charge in [0.25, 0.3) is 0 Å². The van der Waals surface area contributed by atoms with Crippen LogP contribution < -0.4 is 0 Å². The number of rotatable bonds is 1. The third kappa shape index (κ3) is 2.73. The number of pyridine rings is 1. The predicted molar refractivity (Wildman–Crippen MR) is 99.4 cm³/mol. The molecule has 2 saturated heterocycles. The van der Waals surface area contributed by atoms with Gasteiger partial charge < -0.3 is 14.2 Å². The molecule has 0 unspecified atom stereocenters. The quantitative estimate of drug-likeness (QED) is 0.761. The summed E-state index contributed by atoms with van der Waals surface area (Å²) in [5, 5.41) is 0. The first-order chi connectivity index (χ1) is 12.6. The van der Waals surface area contributed by atoms with Gasteiger partial charge in [-0.25, -0.2) is 0 Å². The zero-order valence-corrected chi connectivity index (χ0v) is 16.2. The predicted octanol–water partition coefficient (Wildman–Crippen LogP) is 4.03. The van der Waals surface area contributed by atoms with Crippen LogP contribution in [-0.2, 0) is 39.3 Å². The molecule has 5 rings (SSSR count). The number of nitrogens with zero attached hydrogens (tertiary/aromatic N) is 1. The van der Waals surface area contributed by atoms with Crippen LogP contribution in [0, 0.1) is 5.41 Å². The Morgan fingerprint density at radius 1 is 0.923 bits per heavy atom. The summed E-state index contributed by atoms with van der Waals surface area (Å²) in [5.41, 5.74) is 7.42. The van der Waals surface area contributed by atoms with Crippen molar-refractivity contribution in [2.24, 2.45) is 5.41 Å². The number of hydrogen-bond acceptors (Lipinski definition) is 4. The first kappa shape index (κ1) is 17.2. The zero-order valence-electron chi connectivity index (χ0n) is 16.2. The standard InChI is InChI=1S/C22H31NO3/c1-21(2)6-3-16-18(13-21)23-20(15-4-9-24-10-5-15)17-14-26-22(19(16)17)7-11-25-12-8-22/h15H,3-14H2,1-2H3. The molecule has 0 atom stereocenters. The molecule has 1 spiro atoms. The van der Waals surface area contributed by atoms with Crippen molar-refractivity contribution in [3.8, 4) is 0 Å². The van der Waals surface area contributed by atoms with Gasteiger partial charge in [0.1, 0.15) is 0 Å². The van der Waals surface area contributed by atoms with Crippen LogP contribution in [0.4, 0.5) is 0 Å². The van der Waals surface area contributed by atoms with Crippen molar-refractivity contribution in [3.63, 3.8) is 0 Å². The maximum Gasteiger partial charge on any atom is 0.0987 e. The van der Waals surface area contributed by atoms with Crippen molar-refractivity contribution in [2.45, 2.75) is 76.9 Å². The highest BCUT2D eigenvalue weighted by molar-refractivity contribution is 5.49. The Bertz CT molecular complexity index is 700. The molecular formula is C22H31NO3. The largest absolute Gasteiger partial charge is 0.381 e. The molecule has 0 amide bonds. The third-order valence-corrected chi connectivity index (χ3v) is 7.07. The Morgan fingerprint density at radius 2 is 1.65 bits per heavy atom. The second-order valence-electron chi connectivity index (χ2n) is 9.40. The topological polar surface area (TPSA) is 40.6 Å². The molecule has 2 fully saturated rings. The maximum atomic E-state index is 6.55. The first-order valence-electron chi connectivity index (χ1n) is 10.4. The van der Waals surface area contributed by atoms with E-state index in [0.717, 1.165) is 71.6 Å². The van der Waals surface area contributed by atoms with Gasteiger partial charge >= 0.3 is 0 Å². The summed E-state index contributed by atoms with van der Waals surface area (Å²) in [6, 6.07) is 0. The van der Waals surface area contributed by atoms with Crippen molar-refractivity contribution >= 4 is 0 Å². The van der Waals surface area contributed by atoms with Crippen LogP contribution in [0.3, 0.4) is 0 Å². The van der Waals surface area contributed by atoms with E-state index in [4.69, 9.17) is 19.2 Å². The van der Waals surface area contributed by atoms with E-state index in [1.54, 1.807) is 0 Å². The first-order valence-corrected chi connectivity index (χ1v) is 10.4. The molecule has 0 radical (unpaired) electrons. The molecular weight excluding hydrogens is 326 g/mol. The highest BCUT2D eigenvalue weighted by Gasteiger charge is 2.47. The summed E-state index contributed by atoms with van der Waals surface area (Å²) in [4.78, 5) is 5.32. The van der Waals surface area contributed by atoms with E-state index in [1.165, 1.54) is 34.5 Å². The number of aromatic nitrogens is 1. The molecule has 1 aromatic rings. The van der Waals surface area contributed by atoms with Crippen molar-refractivity contribution in [3.05, 3.63) is 28.1 Å². The molecule has 4 heteroatoms. The highest BCUT2D eigenvalue weighted by atomic mass is 16.5. The van der Waals surface area contributed by atoms with E-state index in [-0.39, 0.29) is 5.60 Å². The van der Waals surface area contributed by atoms with Gasteiger partial charge in [0, 0.05) is 62.1 Å². The Balaban J connectivity index is 1.66. The van der Waals surface area contributed by atoms with Crippen LogP contribution in [0.15, 0.2) is 0 Å². The van der Waals surface area contributed by atoms with Gasteiger partial charge in [0.15, 0.2) is 0 Å². The van der Waals surface area contributed by atoms with Crippen molar-refractivity contribution in [1.29, 1.82) is 0 Å². The van der Waals surface area contributed by atoms with Crippen LogP contribution in [0.2, 0.25) is 0 Å². The molecule has 1 aliphatic carbocycles. The van der Waals surface area contributed by atoms with E-state index >= 15 is 0 Å². The highest BCUT2D eigenvalue weighted by Crippen LogP contribution is 2.50. The lowest BCUT2D eigenvalue weighted by molar-refractivity contribution is -0.107. The smallest absolute Gasteiger partial charge is 0.0987 e. The third-order valence-electron chi connectivity index (χ3n) is 7.07. The monoisotopic (exact) mass is 357 g/mol. The molecule has 0 saturated carbocycles. The minimum atomic E-state index is -0.109. The van der Waals surface area contributed by atoms with Gasteiger partial charge in [-0.1, -0.05) is 13.8 Å². The van der Waals surface area contributed by atoms with Crippen molar-refractivity contribution in [2.75, 3.05) is 26.4 Å². The van der Waals surface area contributed by atoms with Crippen LogP contribution in [0.5, 0.6) is 0 Å². The number of ether oxygens (including phenoxy) is 3. The second-order valence-corrected chi connectivity index (χ2v) is 9.40. The average Bonchev–Trinajstić information content (AvgIpc) is 3.00. The summed E-state index contributed by atoms with van der Waals surface area (Å²) in [5.74, 6) is 0.534. The minimum absolute atomic E-state index is 0.109. The molecule has 3 aliphatic heterocycles. The Kier molecular flexibility index (Phi) is 4.15. The van der Waals surface area contributed by atoms with Gasteiger partial charge in [-0.3, -0.25) is 4.98 Å². The summed E-state index contributed by atoms with van der Waals surface area (Å²) >= 11 is 0. The van der Waals surface area contributed by atoms with Crippen molar-refractivity contribution < 1.29 is 14.2 Å². The van der Waals surface area contributed by atoms with Crippen LogP contribution in [-0.4, -0.2) is 31.4 Å². The van der Waals surface area contributed by atoms with E-state index < -0.39 is 0 Å². The summed E-state index contributed by atoms with van der Waals surface area (Å²) in [6.07, 6.45) is 7.67. The second kappa shape index (κ2) is 6.29. The number of hydrogen-bond donors (Lipinski definition) is 0. The van der Waals surface area contributed by atoms with Crippen LogP contribution in [0.25, 0.3) is 0 Å². The molecule has 142 valence electrons. The van der Waals surface area contributed by atoms with Crippen LogP contribution >= 0.6 is 0 Å². The van der Waals surface area contributed by atoms with Crippen LogP contribution in [0.1, 0.15) is 79.9 Å². The molecule has 1 aromatic heterocycles. The lowest BCUT2D eigenvalue weighted by Gasteiger charge is -2.38. The molecule has 26 heavy (non-hydrogen) atoms. The van der Waals surface area contributed by atoms with Crippen molar-refractivity contribution in [1.82, 2.24) is 4.98 Å². The van der Waals surface area contributed by atoms with Gasteiger partial charge in [-0.05, 0) is 48.6 Å². The molecule has 4 aliphatic rings. The van der Waals surface area contributed by atoms with Gasteiger partial charge in [-0.2, -0.15) is 0 Å². The summed E-state index contributed by atoms with van der Waals surface area (Å²) in [7, 11) is 0. The minimum Gasteiger partial charge on any atom is -0.381 e. The number of fused-ring (bicyclic) bond motifs is 4. The van der Waals surface area contributed by atoms with E-state index in [0.29, 0.717) is 11.3 Å². The molecule has 4 heterocycles. The zero-order chi connectivity index (χ0) is 17.8. The molecule has 4 nitrogen and oxygen atoms in total.